The zero-order valence-electron chi connectivity index (χ0n) is 24.3. The molecule has 0 N–H and O–H groups in total. The van der Waals surface area contributed by atoms with Crippen LogP contribution in [0.5, 0.6) is 0 Å². The molecule has 0 spiro atoms. The largest absolute Gasteiger partial charge is 0.455 e. The number of halogens is 2. The number of benzene rings is 3. The van der Waals surface area contributed by atoms with Gasteiger partial charge >= 0.3 is 0 Å². The molecule has 0 atom stereocenters. The maximum atomic E-state index is 16.5. The van der Waals surface area contributed by atoms with Crippen molar-refractivity contribution in [3.8, 4) is 22.5 Å². The predicted octanol–water partition coefficient (Wildman–Crippen LogP) is 9.19. The van der Waals surface area contributed by atoms with Crippen LogP contribution in [0.3, 0.4) is 0 Å². The number of carbonyl (C=O) groups is 2. The van der Waals surface area contributed by atoms with Crippen LogP contribution in [0.2, 0.25) is 0 Å². The van der Waals surface area contributed by atoms with Gasteiger partial charge in [0.2, 0.25) is 0 Å². The highest BCUT2D eigenvalue weighted by Gasteiger charge is 2.47. The van der Waals surface area contributed by atoms with E-state index in [0.717, 1.165) is 35.1 Å². The van der Waals surface area contributed by atoms with Gasteiger partial charge in [0.25, 0.3) is 0 Å². The number of nitrogens with zero attached hydrogens (tertiary/aromatic N) is 2. The second kappa shape index (κ2) is 10.6. The number of aromatic nitrogens is 2. The molecule has 3 aromatic carbocycles. The van der Waals surface area contributed by atoms with Gasteiger partial charge in [0.15, 0.2) is 11.6 Å². The van der Waals surface area contributed by atoms with E-state index < -0.39 is 11.6 Å². The number of furan rings is 1. The third-order valence-electron chi connectivity index (χ3n) is 8.70. The Bertz CT molecular complexity index is 2110. The number of hydrogen-bond donors (Lipinski definition) is 0. The van der Waals surface area contributed by atoms with Crippen LogP contribution < -0.4 is 0 Å². The maximum absolute atomic E-state index is 16.5. The molecular formula is C37H28F2N2O3. The Morgan fingerprint density at radius 2 is 1.68 bits per heavy atom. The molecule has 3 heterocycles. The number of fused-ring (bicyclic) bond motifs is 2. The molecule has 7 rings (SSSR count). The molecule has 1 saturated carbocycles. The predicted molar refractivity (Wildman–Crippen MR) is 166 cm³/mol. The minimum Gasteiger partial charge on any atom is -0.455 e. The van der Waals surface area contributed by atoms with E-state index in [4.69, 9.17) is 9.40 Å². The topological polar surface area (TPSA) is 73.1 Å². The number of hydrogen-bond acceptors (Lipinski definition) is 5. The molecule has 1 aliphatic rings. The summed E-state index contributed by atoms with van der Waals surface area (Å²) >= 11 is 0. The van der Waals surface area contributed by atoms with Gasteiger partial charge in [0, 0.05) is 46.8 Å². The van der Waals surface area contributed by atoms with Crippen molar-refractivity contribution in [3.05, 3.63) is 119 Å². The minimum absolute atomic E-state index is 0.0397. The van der Waals surface area contributed by atoms with Crippen LogP contribution in [-0.4, -0.2) is 21.5 Å². The summed E-state index contributed by atoms with van der Waals surface area (Å²) in [6.45, 7) is 3.56. The van der Waals surface area contributed by atoms with Crippen LogP contribution >= 0.6 is 0 Å². The standard InChI is InChI=1S/C37H28F2N2O3/c1-3-29(42)33-34-31(44-36(33)22-8-10-24(38)11-9-22)14-12-25(35(34)39)26-19-23(7-6-21(26)2)30(43)20-37(16-17-37)32-15-13-27-28(41-32)5-4-18-40-27/h4-15,18-19H,3,16-17,20H2,1-2H3. The van der Waals surface area contributed by atoms with Crippen LogP contribution in [0.4, 0.5) is 8.78 Å². The smallest absolute Gasteiger partial charge is 0.167 e. The lowest BCUT2D eigenvalue weighted by Gasteiger charge is -2.16. The van der Waals surface area contributed by atoms with Gasteiger partial charge in [-0.15, -0.1) is 0 Å². The Balaban J connectivity index is 1.27. The summed E-state index contributed by atoms with van der Waals surface area (Å²) in [4.78, 5) is 36.0. The molecule has 0 amide bonds. The van der Waals surface area contributed by atoms with Gasteiger partial charge in [-0.05, 0) is 97.6 Å². The number of rotatable bonds is 8. The molecule has 3 aromatic heterocycles. The summed E-state index contributed by atoms with van der Waals surface area (Å²) in [6, 6.07) is 21.8. The van der Waals surface area contributed by atoms with Gasteiger partial charge in [0.05, 0.1) is 22.0 Å². The van der Waals surface area contributed by atoms with Gasteiger partial charge in [-0.3, -0.25) is 19.6 Å². The van der Waals surface area contributed by atoms with E-state index in [1.54, 1.807) is 37.4 Å². The lowest BCUT2D eigenvalue weighted by Crippen LogP contribution is -2.15. The summed E-state index contributed by atoms with van der Waals surface area (Å²) in [6.07, 6.45) is 3.90. The first-order valence-electron chi connectivity index (χ1n) is 14.7. The van der Waals surface area contributed by atoms with Crippen molar-refractivity contribution in [1.29, 1.82) is 0 Å². The van der Waals surface area contributed by atoms with E-state index in [1.807, 2.05) is 37.3 Å². The van der Waals surface area contributed by atoms with E-state index >= 15 is 4.39 Å². The second-order valence-corrected chi connectivity index (χ2v) is 11.5. The van der Waals surface area contributed by atoms with Crippen molar-refractivity contribution in [3.63, 3.8) is 0 Å². The highest BCUT2D eigenvalue weighted by atomic mass is 19.1. The third-order valence-corrected chi connectivity index (χ3v) is 8.70. The molecule has 1 aliphatic carbocycles. The molecule has 0 saturated heterocycles. The first-order valence-corrected chi connectivity index (χ1v) is 14.7. The van der Waals surface area contributed by atoms with Gasteiger partial charge < -0.3 is 4.42 Å². The zero-order chi connectivity index (χ0) is 30.6. The molecule has 0 aliphatic heterocycles. The molecule has 7 heteroatoms. The van der Waals surface area contributed by atoms with E-state index in [2.05, 4.69) is 4.98 Å². The second-order valence-electron chi connectivity index (χ2n) is 11.5. The lowest BCUT2D eigenvalue weighted by atomic mass is 9.89. The summed E-state index contributed by atoms with van der Waals surface area (Å²) < 4.78 is 36.1. The van der Waals surface area contributed by atoms with Gasteiger partial charge in [-0.2, -0.15) is 0 Å². The lowest BCUT2D eigenvalue weighted by molar-refractivity contribution is 0.0966. The normalized spacial score (nSPS) is 13.8. The van der Waals surface area contributed by atoms with E-state index in [1.165, 1.54) is 24.3 Å². The van der Waals surface area contributed by atoms with Crippen LogP contribution in [-0.2, 0) is 5.41 Å². The molecule has 6 aromatic rings. The Labute approximate surface area is 252 Å². The fourth-order valence-corrected chi connectivity index (χ4v) is 6.03. The number of aryl methyl sites for hydroxylation is 1. The Morgan fingerprint density at radius 1 is 0.886 bits per heavy atom. The average molecular weight is 587 g/mol. The molecule has 218 valence electrons. The quantitative estimate of drug-likeness (QED) is 0.166. The summed E-state index contributed by atoms with van der Waals surface area (Å²) in [5.74, 6) is -1.15. The zero-order valence-corrected chi connectivity index (χ0v) is 24.3. The monoisotopic (exact) mass is 586 g/mol. The molecule has 0 unspecified atom stereocenters. The Hall–Kier alpha value is -5.04. The van der Waals surface area contributed by atoms with Crippen molar-refractivity contribution in [2.45, 2.75) is 44.9 Å². The van der Waals surface area contributed by atoms with Crippen molar-refractivity contribution >= 4 is 33.6 Å². The molecular weight excluding hydrogens is 558 g/mol. The van der Waals surface area contributed by atoms with Crippen LogP contribution in [0.1, 0.15) is 64.6 Å². The molecule has 0 bridgehead atoms. The molecule has 44 heavy (non-hydrogen) atoms. The minimum atomic E-state index is -0.600. The number of pyridine rings is 2. The first kappa shape index (κ1) is 27.8. The summed E-state index contributed by atoms with van der Waals surface area (Å²) in [5, 5.41) is 0.0820. The van der Waals surface area contributed by atoms with Crippen LogP contribution in [0, 0.1) is 18.6 Å². The average Bonchev–Trinajstić information content (AvgIpc) is 3.72. The summed E-state index contributed by atoms with van der Waals surface area (Å²) in [5.41, 5.74) is 5.13. The number of Topliss-reactive ketones (excluding diaryl/α,β-unsaturated/α-hetero) is 2. The fourth-order valence-electron chi connectivity index (χ4n) is 6.03. The van der Waals surface area contributed by atoms with E-state index in [9.17, 15) is 14.0 Å². The van der Waals surface area contributed by atoms with Gasteiger partial charge in [0.1, 0.15) is 23.0 Å². The molecule has 5 nitrogen and oxygen atoms in total. The Morgan fingerprint density at radius 3 is 2.43 bits per heavy atom. The van der Waals surface area contributed by atoms with Crippen LogP contribution in [0.15, 0.2) is 89.5 Å². The van der Waals surface area contributed by atoms with Crippen LogP contribution in [0.25, 0.3) is 44.5 Å². The summed E-state index contributed by atoms with van der Waals surface area (Å²) in [7, 11) is 0. The molecule has 1 fully saturated rings. The van der Waals surface area contributed by atoms with Crippen molar-refractivity contribution in [1.82, 2.24) is 9.97 Å². The third kappa shape index (κ3) is 4.69. The number of ketones is 2. The van der Waals surface area contributed by atoms with Crippen molar-refractivity contribution < 1.29 is 22.8 Å². The van der Waals surface area contributed by atoms with Crippen molar-refractivity contribution in [2.75, 3.05) is 0 Å². The Kier molecular flexibility index (Phi) is 6.69. The van der Waals surface area contributed by atoms with E-state index in [-0.39, 0.29) is 51.3 Å². The first-order chi connectivity index (χ1) is 21.3. The molecule has 0 radical (unpaired) electrons. The highest BCUT2D eigenvalue weighted by Crippen LogP contribution is 2.51. The SMILES string of the molecule is CCC(=O)c1c(-c2ccc(F)cc2)oc2ccc(-c3cc(C(=O)CC4(c5ccc6ncccc6n5)CC4)ccc3C)c(F)c12. The van der Waals surface area contributed by atoms with Gasteiger partial charge in [-0.25, -0.2) is 8.78 Å². The number of carbonyl (C=O) groups excluding carboxylic acids is 2. The van der Waals surface area contributed by atoms with Crippen molar-refractivity contribution in [2.24, 2.45) is 0 Å². The van der Waals surface area contributed by atoms with Gasteiger partial charge in [-0.1, -0.05) is 19.1 Å². The maximum Gasteiger partial charge on any atom is 0.167 e. The highest BCUT2D eigenvalue weighted by molar-refractivity contribution is 6.13. The van der Waals surface area contributed by atoms with E-state index in [0.29, 0.717) is 23.1 Å². The fraction of sp³-hybridized carbons (Fsp3) is 0.189.